The van der Waals surface area contributed by atoms with Gasteiger partial charge < -0.3 is 4.74 Å². The van der Waals surface area contributed by atoms with Crippen LogP contribution < -0.4 is 10.2 Å². The van der Waals surface area contributed by atoms with E-state index >= 15 is 0 Å². The molecule has 0 spiro atoms. The quantitative estimate of drug-likeness (QED) is 0.529. The fraction of sp³-hybridized carbons (Fsp3) is 0.100. The van der Waals surface area contributed by atoms with Gasteiger partial charge in [-0.05, 0) is 48.9 Å². The lowest BCUT2D eigenvalue weighted by atomic mass is 10.2. The van der Waals surface area contributed by atoms with Crippen molar-refractivity contribution in [1.29, 1.82) is 0 Å². The molecular formula is C20H18N2O2S. The van der Waals surface area contributed by atoms with Gasteiger partial charge in [0.05, 0.1) is 6.21 Å². The summed E-state index contributed by atoms with van der Waals surface area (Å²) in [5, 5.41) is 3.98. The van der Waals surface area contributed by atoms with Crippen molar-refractivity contribution in [2.24, 2.45) is 5.10 Å². The van der Waals surface area contributed by atoms with E-state index in [-0.39, 0.29) is 5.91 Å². The van der Waals surface area contributed by atoms with Gasteiger partial charge in [-0.15, -0.1) is 11.3 Å². The molecular weight excluding hydrogens is 332 g/mol. The van der Waals surface area contributed by atoms with Crippen molar-refractivity contribution in [2.45, 2.75) is 13.5 Å². The summed E-state index contributed by atoms with van der Waals surface area (Å²) in [5.74, 6) is 0.470. The number of ether oxygens (including phenoxy) is 1. The van der Waals surface area contributed by atoms with Crippen LogP contribution in [-0.2, 0) is 6.61 Å². The lowest BCUT2D eigenvalue weighted by Crippen LogP contribution is -2.17. The molecule has 0 atom stereocenters. The highest BCUT2D eigenvalue weighted by molar-refractivity contribution is 7.13. The van der Waals surface area contributed by atoms with E-state index in [1.54, 1.807) is 41.8 Å². The van der Waals surface area contributed by atoms with Crippen LogP contribution in [0.25, 0.3) is 0 Å². The fourth-order valence-corrected chi connectivity index (χ4v) is 2.93. The second kappa shape index (κ2) is 8.26. The largest absolute Gasteiger partial charge is 0.489 e. The summed E-state index contributed by atoms with van der Waals surface area (Å²) in [7, 11) is 0. The van der Waals surface area contributed by atoms with Gasteiger partial charge >= 0.3 is 0 Å². The number of amides is 1. The first-order valence-corrected chi connectivity index (χ1v) is 8.69. The molecule has 5 heteroatoms. The van der Waals surface area contributed by atoms with Crippen molar-refractivity contribution in [1.82, 2.24) is 5.43 Å². The maximum atomic E-state index is 12.1. The van der Waals surface area contributed by atoms with Gasteiger partial charge in [0, 0.05) is 15.3 Å². The summed E-state index contributed by atoms with van der Waals surface area (Å²) in [5.41, 5.74) is 4.16. The van der Waals surface area contributed by atoms with Gasteiger partial charge in [-0.2, -0.15) is 5.10 Å². The lowest BCUT2D eigenvalue weighted by molar-refractivity contribution is 0.0955. The number of carbonyl (C=O) groups is 1. The van der Waals surface area contributed by atoms with Gasteiger partial charge in [-0.3, -0.25) is 4.79 Å². The molecule has 1 amide bonds. The van der Waals surface area contributed by atoms with Crippen LogP contribution in [0.3, 0.4) is 0 Å². The Morgan fingerprint density at radius 2 is 1.84 bits per heavy atom. The molecule has 0 bridgehead atoms. The van der Waals surface area contributed by atoms with Gasteiger partial charge in [-0.25, -0.2) is 5.43 Å². The van der Waals surface area contributed by atoms with Gasteiger partial charge in [0.15, 0.2) is 0 Å². The zero-order valence-corrected chi connectivity index (χ0v) is 14.6. The highest BCUT2D eigenvalue weighted by Crippen LogP contribution is 2.15. The van der Waals surface area contributed by atoms with E-state index in [1.807, 2.05) is 49.4 Å². The van der Waals surface area contributed by atoms with Crippen molar-refractivity contribution in [3.63, 3.8) is 0 Å². The Morgan fingerprint density at radius 1 is 1.08 bits per heavy atom. The molecule has 0 aliphatic rings. The smallest absolute Gasteiger partial charge is 0.271 e. The summed E-state index contributed by atoms with van der Waals surface area (Å²) < 4.78 is 5.71. The third-order valence-corrected chi connectivity index (χ3v) is 4.42. The zero-order chi connectivity index (χ0) is 17.5. The molecule has 0 saturated carbocycles. The van der Waals surface area contributed by atoms with Crippen LogP contribution >= 0.6 is 11.3 Å². The van der Waals surface area contributed by atoms with E-state index in [1.165, 1.54) is 4.88 Å². The van der Waals surface area contributed by atoms with E-state index in [0.717, 1.165) is 16.2 Å². The molecule has 0 unspecified atom stereocenters. The number of hydrogen-bond acceptors (Lipinski definition) is 4. The summed E-state index contributed by atoms with van der Waals surface area (Å²) in [6, 6.07) is 20.9. The predicted molar refractivity (Wildman–Crippen MR) is 101 cm³/mol. The first kappa shape index (κ1) is 16.9. The van der Waals surface area contributed by atoms with Crippen LogP contribution in [0.15, 0.2) is 71.8 Å². The molecule has 1 aromatic heterocycles. The van der Waals surface area contributed by atoms with E-state index in [4.69, 9.17) is 4.74 Å². The average Bonchev–Trinajstić information content (AvgIpc) is 3.06. The topological polar surface area (TPSA) is 50.7 Å². The number of aryl methyl sites for hydroxylation is 1. The Balaban J connectivity index is 1.52. The Labute approximate surface area is 150 Å². The molecule has 0 aliphatic heterocycles. The third-order valence-electron chi connectivity index (χ3n) is 3.48. The van der Waals surface area contributed by atoms with Gasteiger partial charge in [0.2, 0.25) is 0 Å². The molecule has 126 valence electrons. The number of hydrazone groups is 1. The maximum Gasteiger partial charge on any atom is 0.271 e. The first-order chi connectivity index (χ1) is 12.2. The Kier molecular flexibility index (Phi) is 5.59. The van der Waals surface area contributed by atoms with Gasteiger partial charge in [0.25, 0.3) is 5.91 Å². The highest BCUT2D eigenvalue weighted by atomic mass is 32.1. The molecule has 0 aliphatic carbocycles. The number of nitrogens with zero attached hydrogens (tertiary/aromatic N) is 1. The van der Waals surface area contributed by atoms with E-state index < -0.39 is 0 Å². The van der Waals surface area contributed by atoms with Crippen molar-refractivity contribution >= 4 is 23.5 Å². The lowest BCUT2D eigenvalue weighted by Gasteiger charge is -2.07. The first-order valence-electron chi connectivity index (χ1n) is 7.87. The molecule has 2 aromatic carbocycles. The van der Waals surface area contributed by atoms with Crippen LogP contribution in [0.1, 0.15) is 25.7 Å². The number of hydrogen-bond donors (Lipinski definition) is 1. The number of carbonyl (C=O) groups excluding carboxylic acids is 1. The maximum absolute atomic E-state index is 12.1. The summed E-state index contributed by atoms with van der Waals surface area (Å²) >= 11 is 1.62. The van der Waals surface area contributed by atoms with Crippen LogP contribution in [0.5, 0.6) is 5.75 Å². The minimum Gasteiger partial charge on any atom is -0.489 e. The van der Waals surface area contributed by atoms with Gasteiger partial charge in [-0.1, -0.05) is 30.3 Å². The molecule has 25 heavy (non-hydrogen) atoms. The summed E-state index contributed by atoms with van der Waals surface area (Å²) in [6.45, 7) is 2.53. The minimum atomic E-state index is -0.251. The second-order valence-electron chi connectivity index (χ2n) is 5.45. The third kappa shape index (κ3) is 5.02. The molecule has 3 rings (SSSR count). The van der Waals surface area contributed by atoms with Crippen molar-refractivity contribution < 1.29 is 9.53 Å². The van der Waals surface area contributed by atoms with Crippen molar-refractivity contribution in [3.05, 3.63) is 87.6 Å². The summed E-state index contributed by atoms with van der Waals surface area (Å²) in [4.78, 5) is 14.3. The SMILES string of the molecule is Cc1ccc(C=NNC(=O)c2ccc(OCc3ccccc3)cc2)s1. The highest BCUT2D eigenvalue weighted by Gasteiger charge is 2.04. The average molecular weight is 350 g/mol. The zero-order valence-electron chi connectivity index (χ0n) is 13.8. The fourth-order valence-electron chi connectivity index (χ4n) is 2.19. The predicted octanol–water partition coefficient (Wildman–Crippen LogP) is 4.40. The molecule has 0 fully saturated rings. The minimum absolute atomic E-state index is 0.251. The molecule has 4 nitrogen and oxygen atoms in total. The molecule has 0 radical (unpaired) electrons. The van der Waals surface area contributed by atoms with Crippen molar-refractivity contribution in [3.8, 4) is 5.75 Å². The van der Waals surface area contributed by atoms with Crippen LogP contribution in [-0.4, -0.2) is 12.1 Å². The van der Waals surface area contributed by atoms with E-state index in [0.29, 0.717) is 12.2 Å². The molecule has 1 heterocycles. The Hall–Kier alpha value is -2.92. The van der Waals surface area contributed by atoms with Crippen LogP contribution in [0, 0.1) is 6.92 Å². The Morgan fingerprint density at radius 3 is 2.52 bits per heavy atom. The number of benzene rings is 2. The second-order valence-corrected chi connectivity index (χ2v) is 6.77. The van der Waals surface area contributed by atoms with Crippen molar-refractivity contribution in [2.75, 3.05) is 0 Å². The molecule has 0 saturated heterocycles. The number of nitrogens with one attached hydrogen (secondary N) is 1. The standard InChI is InChI=1S/C20H18N2O2S/c1-15-7-12-19(25-15)13-21-22-20(23)17-8-10-18(11-9-17)24-14-16-5-3-2-4-6-16/h2-13H,14H2,1H3,(H,22,23). The Bertz CT molecular complexity index is 855. The summed E-state index contributed by atoms with van der Waals surface area (Å²) in [6.07, 6.45) is 1.65. The number of thiophene rings is 1. The normalized spacial score (nSPS) is 10.8. The van der Waals surface area contributed by atoms with E-state index in [2.05, 4.69) is 10.5 Å². The number of rotatable bonds is 6. The molecule has 3 aromatic rings. The molecule has 1 N–H and O–H groups in total. The van der Waals surface area contributed by atoms with Gasteiger partial charge in [0.1, 0.15) is 12.4 Å². The van der Waals surface area contributed by atoms with E-state index in [9.17, 15) is 4.79 Å². The van der Waals surface area contributed by atoms with Crippen LogP contribution in [0.2, 0.25) is 0 Å². The monoisotopic (exact) mass is 350 g/mol. The van der Waals surface area contributed by atoms with Crippen LogP contribution in [0.4, 0.5) is 0 Å².